The van der Waals surface area contributed by atoms with Gasteiger partial charge in [-0.05, 0) is 55.3 Å². The van der Waals surface area contributed by atoms with Gasteiger partial charge in [-0.15, -0.1) is 6.58 Å². The Bertz CT molecular complexity index is 827. The Morgan fingerprint density at radius 2 is 1.70 bits per heavy atom. The van der Waals surface area contributed by atoms with Gasteiger partial charge in [-0.2, -0.15) is 0 Å². The van der Waals surface area contributed by atoms with Gasteiger partial charge in [0.1, 0.15) is 4.90 Å². The van der Waals surface area contributed by atoms with Crippen LogP contribution in [0.1, 0.15) is 11.1 Å². The van der Waals surface area contributed by atoms with Gasteiger partial charge >= 0.3 is 0 Å². The lowest BCUT2D eigenvalue weighted by Gasteiger charge is -2.24. The summed E-state index contributed by atoms with van der Waals surface area (Å²) in [6, 6.07) is 9.99. The zero-order chi connectivity index (χ0) is 17.2. The van der Waals surface area contributed by atoms with Crippen LogP contribution in [0.4, 0.5) is 5.69 Å². The van der Waals surface area contributed by atoms with Crippen LogP contribution < -0.4 is 4.31 Å². The van der Waals surface area contributed by atoms with E-state index >= 15 is 0 Å². The molecule has 0 aromatic heterocycles. The first-order valence-corrected chi connectivity index (χ1v) is 9.12. The molecule has 0 unspecified atom stereocenters. The van der Waals surface area contributed by atoms with Gasteiger partial charge in [0.05, 0.1) is 17.3 Å². The summed E-state index contributed by atoms with van der Waals surface area (Å²) in [7, 11) is -3.86. The lowest BCUT2D eigenvalue weighted by molar-refractivity contribution is 0.593. The van der Waals surface area contributed by atoms with Crippen molar-refractivity contribution in [2.24, 2.45) is 0 Å². The number of hydrogen-bond donors (Lipinski definition) is 0. The van der Waals surface area contributed by atoms with Crippen LogP contribution in [0.3, 0.4) is 0 Å². The largest absolute Gasteiger partial charge is 0.266 e. The third kappa shape index (κ3) is 3.89. The minimum absolute atomic E-state index is 0.0207. The van der Waals surface area contributed by atoms with Crippen LogP contribution >= 0.6 is 23.2 Å². The van der Waals surface area contributed by atoms with Gasteiger partial charge in [0, 0.05) is 5.02 Å². The number of nitrogens with zero attached hydrogens (tertiary/aromatic N) is 1. The third-order valence-electron chi connectivity index (χ3n) is 3.25. The summed E-state index contributed by atoms with van der Waals surface area (Å²) in [5.74, 6) is 0. The SMILES string of the molecule is C=CCN(c1cc(C)cc(C)c1)S(=O)(=O)c1cc(Cl)ccc1Cl. The second-order valence-electron chi connectivity index (χ2n) is 5.25. The molecule has 122 valence electrons. The molecule has 0 radical (unpaired) electrons. The number of rotatable bonds is 5. The van der Waals surface area contributed by atoms with Crippen molar-refractivity contribution in [3.63, 3.8) is 0 Å². The zero-order valence-corrected chi connectivity index (χ0v) is 15.2. The van der Waals surface area contributed by atoms with Crippen molar-refractivity contribution in [3.8, 4) is 0 Å². The van der Waals surface area contributed by atoms with E-state index in [-0.39, 0.29) is 16.5 Å². The number of aryl methyl sites for hydroxylation is 2. The zero-order valence-electron chi connectivity index (χ0n) is 12.9. The van der Waals surface area contributed by atoms with E-state index in [1.54, 1.807) is 6.07 Å². The molecule has 0 amide bonds. The van der Waals surface area contributed by atoms with Crippen LogP contribution in [0.2, 0.25) is 10.0 Å². The molecule has 0 aliphatic heterocycles. The van der Waals surface area contributed by atoms with E-state index in [0.29, 0.717) is 10.7 Å². The van der Waals surface area contributed by atoms with Crippen LogP contribution in [0, 0.1) is 13.8 Å². The Morgan fingerprint density at radius 1 is 1.09 bits per heavy atom. The van der Waals surface area contributed by atoms with E-state index in [0.717, 1.165) is 11.1 Å². The van der Waals surface area contributed by atoms with Crippen molar-refractivity contribution in [1.29, 1.82) is 0 Å². The minimum atomic E-state index is -3.86. The predicted octanol–water partition coefficient (Wildman–Crippen LogP) is 4.99. The van der Waals surface area contributed by atoms with Gasteiger partial charge < -0.3 is 0 Å². The highest BCUT2D eigenvalue weighted by molar-refractivity contribution is 7.93. The van der Waals surface area contributed by atoms with Crippen LogP contribution in [0.25, 0.3) is 0 Å². The van der Waals surface area contributed by atoms with E-state index in [1.165, 1.54) is 22.5 Å². The molecule has 0 aliphatic rings. The first-order valence-electron chi connectivity index (χ1n) is 6.92. The fraction of sp³-hybridized carbons (Fsp3) is 0.176. The molecule has 0 spiro atoms. The Hall–Kier alpha value is -1.49. The molecular weight excluding hydrogens is 353 g/mol. The molecule has 0 saturated heterocycles. The van der Waals surface area contributed by atoms with E-state index < -0.39 is 10.0 Å². The van der Waals surface area contributed by atoms with Crippen LogP contribution in [0.5, 0.6) is 0 Å². The molecule has 23 heavy (non-hydrogen) atoms. The maximum atomic E-state index is 13.1. The Morgan fingerprint density at radius 3 is 2.26 bits per heavy atom. The average Bonchev–Trinajstić information content (AvgIpc) is 2.45. The minimum Gasteiger partial charge on any atom is -0.262 e. The Kier molecular flexibility index (Phi) is 5.40. The molecule has 0 heterocycles. The van der Waals surface area contributed by atoms with Crippen molar-refractivity contribution in [2.75, 3.05) is 10.8 Å². The quantitative estimate of drug-likeness (QED) is 0.696. The standard InChI is InChI=1S/C17H17Cl2NO2S/c1-4-7-20(15-9-12(2)8-13(3)10-15)23(21,22)17-11-14(18)5-6-16(17)19/h4-6,8-11H,1,7H2,2-3H3. The predicted molar refractivity (Wildman–Crippen MR) is 97.1 cm³/mol. The summed E-state index contributed by atoms with van der Waals surface area (Å²) in [6.45, 7) is 7.62. The van der Waals surface area contributed by atoms with E-state index in [1.807, 2.05) is 32.0 Å². The molecule has 0 saturated carbocycles. The Balaban J connectivity index is 2.64. The molecule has 2 aromatic rings. The maximum Gasteiger partial charge on any atom is 0.266 e. The molecule has 2 aromatic carbocycles. The second-order valence-corrected chi connectivity index (χ2v) is 7.92. The van der Waals surface area contributed by atoms with Gasteiger partial charge in [-0.25, -0.2) is 8.42 Å². The van der Waals surface area contributed by atoms with Crippen LogP contribution in [0.15, 0.2) is 53.9 Å². The summed E-state index contributed by atoms with van der Waals surface area (Å²) < 4.78 is 27.4. The highest BCUT2D eigenvalue weighted by atomic mass is 35.5. The molecule has 0 bridgehead atoms. The van der Waals surface area contributed by atoms with Crippen molar-refractivity contribution < 1.29 is 8.42 Å². The lowest BCUT2D eigenvalue weighted by atomic mass is 10.1. The monoisotopic (exact) mass is 369 g/mol. The summed E-state index contributed by atoms with van der Waals surface area (Å²) in [5, 5.41) is 0.444. The summed E-state index contributed by atoms with van der Waals surface area (Å²) in [4.78, 5) is -0.0207. The van der Waals surface area contributed by atoms with Crippen molar-refractivity contribution in [1.82, 2.24) is 0 Å². The topological polar surface area (TPSA) is 37.4 Å². The summed E-state index contributed by atoms with van der Waals surface area (Å²) >= 11 is 12.0. The number of hydrogen-bond acceptors (Lipinski definition) is 2. The van der Waals surface area contributed by atoms with Crippen LogP contribution in [-0.2, 0) is 10.0 Å². The van der Waals surface area contributed by atoms with E-state index in [2.05, 4.69) is 6.58 Å². The molecule has 0 atom stereocenters. The molecule has 2 rings (SSSR count). The fourth-order valence-corrected chi connectivity index (χ4v) is 4.51. The van der Waals surface area contributed by atoms with Gasteiger partial charge in [-0.3, -0.25) is 4.31 Å². The van der Waals surface area contributed by atoms with Crippen molar-refractivity contribution in [2.45, 2.75) is 18.7 Å². The van der Waals surface area contributed by atoms with E-state index in [9.17, 15) is 8.42 Å². The van der Waals surface area contributed by atoms with Crippen molar-refractivity contribution in [3.05, 3.63) is 70.2 Å². The second kappa shape index (κ2) is 6.95. The third-order valence-corrected chi connectivity index (χ3v) is 5.76. The van der Waals surface area contributed by atoms with Gasteiger partial charge in [0.15, 0.2) is 0 Å². The molecule has 0 aliphatic carbocycles. The number of benzene rings is 2. The summed E-state index contributed by atoms with van der Waals surface area (Å²) in [5.41, 5.74) is 2.52. The molecular formula is C17H17Cl2NO2S. The first-order chi connectivity index (χ1) is 10.8. The van der Waals surface area contributed by atoms with Crippen molar-refractivity contribution >= 4 is 38.9 Å². The normalized spacial score (nSPS) is 11.3. The smallest absolute Gasteiger partial charge is 0.262 e. The number of sulfonamides is 1. The Labute approximate surface area is 147 Å². The number of halogens is 2. The van der Waals surface area contributed by atoms with Gasteiger partial charge in [-0.1, -0.05) is 35.3 Å². The molecule has 0 fully saturated rings. The van der Waals surface area contributed by atoms with E-state index in [4.69, 9.17) is 23.2 Å². The van der Waals surface area contributed by atoms with Gasteiger partial charge in [0.2, 0.25) is 0 Å². The first kappa shape index (κ1) is 17.9. The fourth-order valence-electron chi connectivity index (χ4n) is 2.35. The molecule has 0 N–H and O–H groups in total. The molecule has 6 heteroatoms. The van der Waals surface area contributed by atoms with Crippen LogP contribution in [-0.4, -0.2) is 15.0 Å². The van der Waals surface area contributed by atoms with Gasteiger partial charge in [0.25, 0.3) is 10.0 Å². The average molecular weight is 370 g/mol. The summed E-state index contributed by atoms with van der Waals surface area (Å²) in [6.07, 6.45) is 1.54. The highest BCUT2D eigenvalue weighted by Gasteiger charge is 2.27. The highest BCUT2D eigenvalue weighted by Crippen LogP contribution is 2.31. The maximum absolute atomic E-state index is 13.1. The molecule has 3 nitrogen and oxygen atoms in total. The number of anilines is 1. The lowest BCUT2D eigenvalue weighted by Crippen LogP contribution is -2.31.